The smallest absolute Gasteiger partial charge is 0.124 e. The normalized spacial score (nSPS) is 14.6. The molecule has 0 bridgehead atoms. The summed E-state index contributed by atoms with van der Waals surface area (Å²) >= 11 is 1.65. The van der Waals surface area contributed by atoms with Crippen LogP contribution in [0.4, 0.5) is 4.39 Å². The van der Waals surface area contributed by atoms with Gasteiger partial charge in [-0.05, 0) is 53.4 Å². The molecule has 1 N–H and O–H groups in total. The third-order valence-corrected chi connectivity index (χ3v) is 3.89. The minimum absolute atomic E-state index is 0.213. The van der Waals surface area contributed by atoms with E-state index >= 15 is 0 Å². The van der Waals surface area contributed by atoms with Crippen molar-refractivity contribution in [3.63, 3.8) is 0 Å². The van der Waals surface area contributed by atoms with E-state index in [1.165, 1.54) is 18.9 Å². The largest absolute Gasteiger partial charge is 0.489 e. The van der Waals surface area contributed by atoms with Crippen LogP contribution in [0.3, 0.4) is 0 Å². The zero-order valence-corrected chi connectivity index (χ0v) is 11.4. The number of thiophene rings is 1. The maximum Gasteiger partial charge on any atom is 0.124 e. The zero-order valence-electron chi connectivity index (χ0n) is 10.6. The summed E-state index contributed by atoms with van der Waals surface area (Å²) in [5.41, 5.74) is 2.04. The fraction of sp³-hybridized carbons (Fsp3) is 0.333. The average Bonchev–Trinajstić information content (AvgIpc) is 3.10. The summed E-state index contributed by atoms with van der Waals surface area (Å²) in [5, 5.41) is 7.48. The van der Waals surface area contributed by atoms with Crippen LogP contribution < -0.4 is 10.1 Å². The minimum atomic E-state index is -0.213. The van der Waals surface area contributed by atoms with Crippen molar-refractivity contribution < 1.29 is 9.13 Å². The van der Waals surface area contributed by atoms with Gasteiger partial charge in [-0.2, -0.15) is 11.3 Å². The molecule has 3 rings (SSSR count). The van der Waals surface area contributed by atoms with Crippen LogP contribution >= 0.6 is 11.3 Å². The molecule has 0 spiro atoms. The molecule has 1 aromatic heterocycles. The highest BCUT2D eigenvalue weighted by Crippen LogP contribution is 2.24. The Kier molecular flexibility index (Phi) is 3.80. The molecule has 0 radical (unpaired) electrons. The lowest BCUT2D eigenvalue weighted by Gasteiger charge is -2.12. The molecule has 4 heteroatoms. The van der Waals surface area contributed by atoms with Gasteiger partial charge in [-0.15, -0.1) is 0 Å². The zero-order chi connectivity index (χ0) is 13.1. The summed E-state index contributed by atoms with van der Waals surface area (Å²) in [5.74, 6) is 0.552. The molecule has 1 saturated carbocycles. The fourth-order valence-electron chi connectivity index (χ4n) is 1.90. The minimum Gasteiger partial charge on any atom is -0.489 e. The Morgan fingerprint density at radius 2 is 2.21 bits per heavy atom. The van der Waals surface area contributed by atoms with Gasteiger partial charge in [0.2, 0.25) is 0 Å². The predicted octanol–water partition coefficient (Wildman–Crippen LogP) is 3.72. The van der Waals surface area contributed by atoms with E-state index in [2.05, 4.69) is 10.7 Å². The summed E-state index contributed by atoms with van der Waals surface area (Å²) in [6, 6.07) is 7.36. The molecule has 0 saturated heterocycles. The fourth-order valence-corrected chi connectivity index (χ4v) is 2.56. The van der Waals surface area contributed by atoms with Crippen LogP contribution in [0.1, 0.15) is 24.0 Å². The second kappa shape index (κ2) is 5.72. The first-order valence-corrected chi connectivity index (χ1v) is 7.41. The van der Waals surface area contributed by atoms with Crippen LogP contribution in [0.15, 0.2) is 35.0 Å². The number of rotatable bonds is 6. The lowest BCUT2D eigenvalue weighted by atomic mass is 10.2. The van der Waals surface area contributed by atoms with Gasteiger partial charge >= 0.3 is 0 Å². The molecule has 19 heavy (non-hydrogen) atoms. The molecule has 2 aromatic rings. The lowest BCUT2D eigenvalue weighted by molar-refractivity contribution is 0.302. The van der Waals surface area contributed by atoms with E-state index in [0.29, 0.717) is 19.2 Å². The summed E-state index contributed by atoms with van der Waals surface area (Å²) in [4.78, 5) is 0. The van der Waals surface area contributed by atoms with Gasteiger partial charge in [0.1, 0.15) is 18.2 Å². The van der Waals surface area contributed by atoms with E-state index in [1.54, 1.807) is 23.5 Å². The SMILES string of the molecule is Fc1ccc(OCc2ccsc2)c(CNC2CC2)c1. The number of halogens is 1. The molecule has 1 aromatic carbocycles. The van der Waals surface area contributed by atoms with Crippen LogP contribution in [-0.2, 0) is 13.2 Å². The van der Waals surface area contributed by atoms with Gasteiger partial charge in [-0.25, -0.2) is 4.39 Å². The molecular formula is C15H16FNOS. The van der Waals surface area contributed by atoms with Gasteiger partial charge in [0, 0.05) is 18.2 Å². The quantitative estimate of drug-likeness (QED) is 0.869. The van der Waals surface area contributed by atoms with Crippen LogP contribution in [0.5, 0.6) is 5.75 Å². The van der Waals surface area contributed by atoms with Gasteiger partial charge in [0.15, 0.2) is 0 Å². The van der Waals surface area contributed by atoms with Crippen molar-refractivity contribution in [3.8, 4) is 5.75 Å². The predicted molar refractivity (Wildman–Crippen MR) is 74.9 cm³/mol. The summed E-state index contributed by atoms with van der Waals surface area (Å²) < 4.78 is 19.1. The van der Waals surface area contributed by atoms with Crippen LogP contribution in [-0.4, -0.2) is 6.04 Å². The van der Waals surface area contributed by atoms with Gasteiger partial charge < -0.3 is 10.1 Å². The summed E-state index contributed by atoms with van der Waals surface area (Å²) in [6.07, 6.45) is 2.45. The van der Waals surface area contributed by atoms with Crippen molar-refractivity contribution in [2.24, 2.45) is 0 Å². The second-order valence-electron chi connectivity index (χ2n) is 4.83. The van der Waals surface area contributed by atoms with E-state index in [-0.39, 0.29) is 5.82 Å². The topological polar surface area (TPSA) is 21.3 Å². The Balaban J connectivity index is 1.67. The van der Waals surface area contributed by atoms with Crippen molar-refractivity contribution >= 4 is 11.3 Å². The molecule has 1 aliphatic rings. The Bertz CT molecular complexity index is 537. The monoisotopic (exact) mass is 277 g/mol. The highest BCUT2D eigenvalue weighted by Gasteiger charge is 2.20. The van der Waals surface area contributed by atoms with Crippen LogP contribution in [0, 0.1) is 5.82 Å². The maximum absolute atomic E-state index is 13.3. The van der Waals surface area contributed by atoms with E-state index in [4.69, 9.17) is 4.74 Å². The number of hydrogen-bond donors (Lipinski definition) is 1. The van der Waals surface area contributed by atoms with E-state index in [0.717, 1.165) is 16.9 Å². The Morgan fingerprint density at radius 3 is 2.95 bits per heavy atom. The van der Waals surface area contributed by atoms with Crippen molar-refractivity contribution in [2.45, 2.75) is 32.0 Å². The first-order valence-electron chi connectivity index (χ1n) is 6.47. The number of ether oxygens (including phenoxy) is 1. The lowest BCUT2D eigenvalue weighted by Crippen LogP contribution is -2.16. The van der Waals surface area contributed by atoms with E-state index in [1.807, 2.05) is 11.4 Å². The first kappa shape index (κ1) is 12.6. The molecule has 0 unspecified atom stereocenters. The number of nitrogens with one attached hydrogen (secondary N) is 1. The van der Waals surface area contributed by atoms with Gasteiger partial charge in [-0.3, -0.25) is 0 Å². The third kappa shape index (κ3) is 3.55. The average molecular weight is 277 g/mol. The Morgan fingerprint density at radius 1 is 1.32 bits per heavy atom. The van der Waals surface area contributed by atoms with Crippen molar-refractivity contribution in [3.05, 3.63) is 52.0 Å². The highest BCUT2D eigenvalue weighted by atomic mass is 32.1. The number of hydrogen-bond acceptors (Lipinski definition) is 3. The van der Waals surface area contributed by atoms with Crippen LogP contribution in [0.25, 0.3) is 0 Å². The van der Waals surface area contributed by atoms with E-state index in [9.17, 15) is 4.39 Å². The van der Waals surface area contributed by atoms with Gasteiger partial charge in [-0.1, -0.05) is 0 Å². The molecule has 0 aliphatic heterocycles. The van der Waals surface area contributed by atoms with Crippen molar-refractivity contribution in [1.29, 1.82) is 0 Å². The molecule has 0 atom stereocenters. The van der Waals surface area contributed by atoms with Gasteiger partial charge in [0.25, 0.3) is 0 Å². The molecular weight excluding hydrogens is 261 g/mol. The molecule has 0 amide bonds. The van der Waals surface area contributed by atoms with Gasteiger partial charge in [0.05, 0.1) is 0 Å². The third-order valence-electron chi connectivity index (χ3n) is 3.16. The number of benzene rings is 1. The molecule has 1 fully saturated rings. The van der Waals surface area contributed by atoms with Crippen molar-refractivity contribution in [1.82, 2.24) is 5.32 Å². The second-order valence-corrected chi connectivity index (χ2v) is 5.61. The van der Waals surface area contributed by atoms with Crippen molar-refractivity contribution in [2.75, 3.05) is 0 Å². The Hall–Kier alpha value is -1.39. The summed E-state index contributed by atoms with van der Waals surface area (Å²) in [6.45, 7) is 1.20. The highest BCUT2D eigenvalue weighted by molar-refractivity contribution is 7.07. The maximum atomic E-state index is 13.3. The molecule has 100 valence electrons. The molecule has 1 aliphatic carbocycles. The standard InChI is InChI=1S/C15H16FNOS/c16-13-1-4-15(18-9-11-5-6-19-10-11)12(7-13)8-17-14-2-3-14/h1,4-7,10,14,17H,2-3,8-9H2. The molecule has 2 nitrogen and oxygen atoms in total. The van der Waals surface area contributed by atoms with E-state index < -0.39 is 0 Å². The summed E-state index contributed by atoms with van der Waals surface area (Å²) in [7, 11) is 0. The Labute approximate surface area is 116 Å². The first-order chi connectivity index (χ1) is 9.31. The molecule has 1 heterocycles. The van der Waals surface area contributed by atoms with Crippen LogP contribution in [0.2, 0.25) is 0 Å².